The van der Waals surface area contributed by atoms with Crippen LogP contribution < -0.4 is 5.32 Å². The summed E-state index contributed by atoms with van der Waals surface area (Å²) in [6.07, 6.45) is 3.13. The molecule has 0 saturated heterocycles. The monoisotopic (exact) mass is 295 g/mol. The number of nitrogens with zero attached hydrogens (tertiary/aromatic N) is 1. The van der Waals surface area contributed by atoms with Gasteiger partial charge in [0.05, 0.1) is 12.2 Å². The normalized spacial score (nSPS) is 10.8. The molecule has 1 aromatic carbocycles. The molecule has 1 aromatic heterocycles. The Bertz CT molecular complexity index is 580. The molecule has 2 N–H and O–H groups in total. The summed E-state index contributed by atoms with van der Waals surface area (Å²) < 4.78 is 13.0. The van der Waals surface area contributed by atoms with Gasteiger partial charge in [-0.05, 0) is 37.1 Å². The summed E-state index contributed by atoms with van der Waals surface area (Å²) in [5.41, 5.74) is 2.63. The number of benzene rings is 1. The van der Waals surface area contributed by atoms with Gasteiger partial charge >= 0.3 is 0 Å². The number of nitrogens with one attached hydrogen (secondary N) is 2. The first kappa shape index (κ1) is 14.9. The summed E-state index contributed by atoms with van der Waals surface area (Å²) in [7, 11) is 0. The molecule has 0 atom stereocenters. The third-order valence-electron chi connectivity index (χ3n) is 3.19. The Morgan fingerprint density at radius 2 is 2.20 bits per heavy atom. The van der Waals surface area contributed by atoms with Crippen molar-refractivity contribution < 1.29 is 4.39 Å². The SMILES string of the molecule is CCCCc1nc(Cl)c(CNc2ccc(F)cc2C)[nH]1. The highest BCUT2D eigenvalue weighted by atomic mass is 35.5. The van der Waals surface area contributed by atoms with E-state index in [2.05, 4.69) is 22.2 Å². The number of aryl methyl sites for hydroxylation is 2. The molecule has 5 heteroatoms. The van der Waals surface area contributed by atoms with Crippen LogP contribution in [0.25, 0.3) is 0 Å². The molecular formula is C15H19ClFN3. The summed E-state index contributed by atoms with van der Waals surface area (Å²) in [5, 5.41) is 3.75. The first-order valence-electron chi connectivity index (χ1n) is 6.83. The second kappa shape index (κ2) is 6.75. The van der Waals surface area contributed by atoms with E-state index in [0.717, 1.165) is 42.0 Å². The minimum absolute atomic E-state index is 0.227. The number of halogens is 2. The van der Waals surface area contributed by atoms with E-state index in [1.807, 2.05) is 6.92 Å². The first-order chi connectivity index (χ1) is 9.60. The fourth-order valence-electron chi connectivity index (χ4n) is 2.03. The van der Waals surface area contributed by atoms with Crippen LogP contribution in [-0.2, 0) is 13.0 Å². The van der Waals surface area contributed by atoms with Crippen LogP contribution in [0.1, 0.15) is 36.8 Å². The number of rotatable bonds is 6. The zero-order chi connectivity index (χ0) is 14.5. The molecule has 0 bridgehead atoms. The molecule has 2 aromatic rings. The van der Waals surface area contributed by atoms with Crippen LogP contribution >= 0.6 is 11.6 Å². The van der Waals surface area contributed by atoms with E-state index < -0.39 is 0 Å². The predicted molar refractivity (Wildman–Crippen MR) is 80.7 cm³/mol. The molecule has 0 amide bonds. The molecule has 20 heavy (non-hydrogen) atoms. The fraction of sp³-hybridized carbons (Fsp3) is 0.400. The second-order valence-corrected chi connectivity index (χ2v) is 5.23. The number of imidazole rings is 1. The smallest absolute Gasteiger partial charge is 0.152 e. The highest BCUT2D eigenvalue weighted by molar-refractivity contribution is 6.30. The lowest BCUT2D eigenvalue weighted by Gasteiger charge is -2.08. The van der Waals surface area contributed by atoms with Gasteiger partial charge in [-0.3, -0.25) is 0 Å². The molecule has 0 unspecified atom stereocenters. The molecule has 1 heterocycles. The maximum Gasteiger partial charge on any atom is 0.152 e. The van der Waals surface area contributed by atoms with E-state index in [0.29, 0.717) is 11.7 Å². The molecule has 0 fully saturated rings. The average molecular weight is 296 g/mol. The van der Waals surface area contributed by atoms with Crippen LogP contribution in [0, 0.1) is 12.7 Å². The van der Waals surface area contributed by atoms with Gasteiger partial charge in [-0.25, -0.2) is 9.37 Å². The van der Waals surface area contributed by atoms with Crippen LogP contribution in [-0.4, -0.2) is 9.97 Å². The lowest BCUT2D eigenvalue weighted by atomic mass is 10.2. The lowest BCUT2D eigenvalue weighted by Crippen LogP contribution is -2.02. The van der Waals surface area contributed by atoms with E-state index in [9.17, 15) is 4.39 Å². The van der Waals surface area contributed by atoms with Gasteiger partial charge < -0.3 is 10.3 Å². The number of H-pyrrole nitrogens is 1. The van der Waals surface area contributed by atoms with Crippen molar-refractivity contribution in [2.75, 3.05) is 5.32 Å². The summed E-state index contributed by atoms with van der Waals surface area (Å²) in [5.74, 6) is 0.693. The highest BCUT2D eigenvalue weighted by Gasteiger charge is 2.08. The van der Waals surface area contributed by atoms with E-state index in [-0.39, 0.29) is 5.82 Å². The fourth-order valence-corrected chi connectivity index (χ4v) is 2.24. The molecule has 0 saturated carbocycles. The Labute approximate surface area is 123 Å². The van der Waals surface area contributed by atoms with Gasteiger partial charge in [0, 0.05) is 12.1 Å². The standard InChI is InChI=1S/C15H19ClFN3/c1-3-4-5-14-19-13(15(16)20-14)9-18-12-7-6-11(17)8-10(12)2/h6-8,18H,3-5,9H2,1-2H3,(H,19,20). The molecule has 108 valence electrons. The average Bonchev–Trinajstić information content (AvgIpc) is 2.76. The van der Waals surface area contributed by atoms with Crippen LogP contribution in [0.3, 0.4) is 0 Å². The molecule has 3 nitrogen and oxygen atoms in total. The first-order valence-corrected chi connectivity index (χ1v) is 7.21. The molecular weight excluding hydrogens is 277 g/mol. The number of hydrogen-bond donors (Lipinski definition) is 2. The molecule has 0 radical (unpaired) electrons. The van der Waals surface area contributed by atoms with Gasteiger partial charge in [-0.2, -0.15) is 0 Å². The van der Waals surface area contributed by atoms with Crippen molar-refractivity contribution in [3.63, 3.8) is 0 Å². The van der Waals surface area contributed by atoms with Crippen molar-refractivity contribution >= 4 is 17.3 Å². The number of aromatic amines is 1. The Balaban J connectivity index is 2.01. The van der Waals surface area contributed by atoms with Gasteiger partial charge in [0.2, 0.25) is 0 Å². The minimum Gasteiger partial charge on any atom is -0.379 e. The quantitative estimate of drug-likeness (QED) is 0.826. The predicted octanol–water partition coefficient (Wildman–Crippen LogP) is 4.47. The van der Waals surface area contributed by atoms with Crippen molar-refractivity contribution in [3.05, 3.63) is 46.3 Å². The zero-order valence-corrected chi connectivity index (χ0v) is 12.5. The Kier molecular flexibility index (Phi) is 5.01. The molecule has 2 rings (SSSR count). The Hall–Kier alpha value is -1.55. The van der Waals surface area contributed by atoms with Crippen molar-refractivity contribution in [1.29, 1.82) is 0 Å². The van der Waals surface area contributed by atoms with Gasteiger partial charge in [-0.15, -0.1) is 0 Å². The number of hydrogen-bond acceptors (Lipinski definition) is 2. The second-order valence-electron chi connectivity index (χ2n) is 4.87. The van der Waals surface area contributed by atoms with Gasteiger partial charge in [0.25, 0.3) is 0 Å². The molecule has 0 aliphatic rings. The number of unbranched alkanes of at least 4 members (excludes halogenated alkanes) is 1. The summed E-state index contributed by atoms with van der Waals surface area (Å²) in [6, 6.07) is 4.67. The topological polar surface area (TPSA) is 40.7 Å². The van der Waals surface area contributed by atoms with Gasteiger partial charge in [-0.1, -0.05) is 24.9 Å². The third-order valence-corrected chi connectivity index (χ3v) is 3.50. The Morgan fingerprint density at radius 3 is 2.90 bits per heavy atom. The van der Waals surface area contributed by atoms with Gasteiger partial charge in [0.1, 0.15) is 11.6 Å². The lowest BCUT2D eigenvalue weighted by molar-refractivity contribution is 0.627. The highest BCUT2D eigenvalue weighted by Crippen LogP contribution is 2.19. The van der Waals surface area contributed by atoms with E-state index in [4.69, 9.17) is 11.6 Å². The van der Waals surface area contributed by atoms with E-state index >= 15 is 0 Å². The van der Waals surface area contributed by atoms with Crippen LogP contribution in [0.15, 0.2) is 18.2 Å². The number of aromatic nitrogens is 2. The van der Waals surface area contributed by atoms with E-state index in [1.165, 1.54) is 12.1 Å². The van der Waals surface area contributed by atoms with Crippen molar-refractivity contribution in [2.24, 2.45) is 0 Å². The van der Waals surface area contributed by atoms with Crippen molar-refractivity contribution in [2.45, 2.75) is 39.7 Å². The largest absolute Gasteiger partial charge is 0.379 e. The summed E-state index contributed by atoms with van der Waals surface area (Å²) >= 11 is 6.11. The number of anilines is 1. The summed E-state index contributed by atoms with van der Waals surface area (Å²) in [4.78, 5) is 7.54. The molecule has 0 aliphatic heterocycles. The summed E-state index contributed by atoms with van der Waals surface area (Å²) in [6.45, 7) is 4.56. The van der Waals surface area contributed by atoms with E-state index in [1.54, 1.807) is 6.07 Å². The molecule has 0 aliphatic carbocycles. The third kappa shape index (κ3) is 3.73. The minimum atomic E-state index is -0.227. The van der Waals surface area contributed by atoms with Crippen LogP contribution in [0.4, 0.5) is 10.1 Å². The Morgan fingerprint density at radius 1 is 1.40 bits per heavy atom. The van der Waals surface area contributed by atoms with Crippen molar-refractivity contribution in [3.8, 4) is 0 Å². The maximum atomic E-state index is 13.0. The molecule has 0 spiro atoms. The van der Waals surface area contributed by atoms with Gasteiger partial charge in [0.15, 0.2) is 5.15 Å². The zero-order valence-electron chi connectivity index (χ0n) is 11.8. The van der Waals surface area contributed by atoms with Crippen LogP contribution in [0.5, 0.6) is 0 Å². The van der Waals surface area contributed by atoms with Crippen molar-refractivity contribution in [1.82, 2.24) is 9.97 Å². The maximum absolute atomic E-state index is 13.0. The van der Waals surface area contributed by atoms with Crippen LogP contribution in [0.2, 0.25) is 5.15 Å².